The number of imide groups is 1. The fourth-order valence-electron chi connectivity index (χ4n) is 6.99. The number of carbonyl (C=O) groups is 2. The lowest BCUT2D eigenvalue weighted by Crippen LogP contribution is -2.43. The van der Waals surface area contributed by atoms with Gasteiger partial charge < -0.3 is 14.2 Å². The Bertz CT molecular complexity index is 1710. The third-order valence-corrected chi connectivity index (χ3v) is 8.87. The monoisotopic (exact) mass is 544 g/mol. The van der Waals surface area contributed by atoms with Gasteiger partial charge in [0.25, 0.3) is 0 Å². The summed E-state index contributed by atoms with van der Waals surface area (Å²) in [6, 6.07) is 30.0. The molecule has 3 aliphatic heterocycles. The summed E-state index contributed by atoms with van der Waals surface area (Å²) in [5.41, 5.74) is -0.437. The maximum absolute atomic E-state index is 14.1. The molecule has 0 radical (unpaired) electrons. The second kappa shape index (κ2) is 9.46. The van der Waals surface area contributed by atoms with Crippen LogP contribution in [0.25, 0.3) is 10.8 Å². The maximum Gasteiger partial charge on any atom is 0.240 e. The first-order valence-electron chi connectivity index (χ1n) is 13.9. The second-order valence-electron chi connectivity index (χ2n) is 11.2. The minimum absolute atomic E-state index is 0.228. The van der Waals surface area contributed by atoms with Crippen LogP contribution in [0.4, 0.5) is 5.69 Å². The first-order valence-corrected chi connectivity index (χ1v) is 13.9. The smallest absolute Gasteiger partial charge is 0.240 e. The molecule has 7 heteroatoms. The van der Waals surface area contributed by atoms with Gasteiger partial charge in [0.15, 0.2) is 0 Å². The van der Waals surface area contributed by atoms with Gasteiger partial charge in [-0.3, -0.25) is 9.59 Å². The molecule has 0 unspecified atom stereocenters. The molecule has 2 bridgehead atoms. The fourth-order valence-corrected chi connectivity index (χ4v) is 6.99. The molecule has 0 aliphatic carbocycles. The van der Waals surface area contributed by atoms with E-state index in [4.69, 9.17) is 14.2 Å². The normalized spacial score (nSPS) is 26.3. The zero-order valence-corrected chi connectivity index (χ0v) is 22.6. The van der Waals surface area contributed by atoms with Gasteiger partial charge in [0.1, 0.15) is 17.2 Å². The zero-order chi connectivity index (χ0) is 28.2. The molecular formula is C34H28N2O5. The number of fused-ring (bicyclic) bond motifs is 6. The van der Waals surface area contributed by atoms with E-state index in [1.807, 2.05) is 85.8 Å². The van der Waals surface area contributed by atoms with Gasteiger partial charge in [0.05, 0.1) is 47.0 Å². The number of amides is 2. The van der Waals surface area contributed by atoms with E-state index in [1.54, 1.807) is 12.1 Å². The highest BCUT2D eigenvalue weighted by atomic mass is 16.5. The molecule has 3 fully saturated rings. The molecule has 3 aliphatic rings. The zero-order valence-electron chi connectivity index (χ0n) is 22.6. The molecule has 0 spiro atoms. The molecule has 7 nitrogen and oxygen atoms in total. The molecule has 2 amide bonds. The highest BCUT2D eigenvalue weighted by Gasteiger charge is 2.73. The molecule has 3 heterocycles. The van der Waals surface area contributed by atoms with Gasteiger partial charge in [-0.25, -0.2) is 4.90 Å². The van der Waals surface area contributed by atoms with Gasteiger partial charge in [0.2, 0.25) is 11.8 Å². The largest absolute Gasteiger partial charge is 0.493 e. The van der Waals surface area contributed by atoms with Gasteiger partial charge in [0, 0.05) is 17.2 Å². The summed E-state index contributed by atoms with van der Waals surface area (Å²) < 4.78 is 18.5. The number of para-hydroxylation sites is 1. The quantitative estimate of drug-likeness (QED) is 0.250. The Kier molecular flexibility index (Phi) is 5.84. The van der Waals surface area contributed by atoms with E-state index >= 15 is 0 Å². The molecule has 4 aromatic carbocycles. The van der Waals surface area contributed by atoms with Crippen LogP contribution >= 0.6 is 0 Å². The van der Waals surface area contributed by atoms with Gasteiger partial charge in [-0.1, -0.05) is 42.5 Å². The van der Waals surface area contributed by atoms with E-state index in [0.717, 1.165) is 11.1 Å². The number of ether oxygens (including phenoxy) is 3. The lowest BCUT2D eigenvalue weighted by molar-refractivity contribution is -0.131. The second-order valence-corrected chi connectivity index (χ2v) is 11.2. The topological polar surface area (TPSA) is 88.9 Å². The van der Waals surface area contributed by atoms with Crippen molar-refractivity contribution in [2.75, 3.05) is 11.5 Å². The van der Waals surface area contributed by atoms with Crippen molar-refractivity contribution in [1.82, 2.24) is 0 Å². The number of rotatable bonds is 7. The van der Waals surface area contributed by atoms with E-state index in [0.29, 0.717) is 54.0 Å². The van der Waals surface area contributed by atoms with Gasteiger partial charge in [-0.05, 0) is 68.3 Å². The lowest BCUT2D eigenvalue weighted by atomic mass is 9.67. The van der Waals surface area contributed by atoms with Crippen molar-refractivity contribution in [3.8, 4) is 23.3 Å². The highest BCUT2D eigenvalue weighted by molar-refractivity contribution is 6.26. The predicted octanol–water partition coefficient (Wildman–Crippen LogP) is 6.40. The molecule has 4 atom stereocenters. The standard InChI is InChI=1S/C34H28N2O5/c1-33-17-18-34(41-33,19-20-39-23-12-14-25(15-13-23)40-24-7-3-2-4-8-24)30-29(33)31(37)36(32(30)38)28-16-11-22(21-35)26-9-5-6-10-27(26)28/h2-16,29-30H,17-20H2,1H3/t29-,30+,33-,34-/m1/s1. The Hall–Kier alpha value is -4.67. The molecule has 0 aromatic heterocycles. The molecule has 41 heavy (non-hydrogen) atoms. The first-order chi connectivity index (χ1) is 19.9. The van der Waals surface area contributed by atoms with Crippen LogP contribution in [-0.4, -0.2) is 29.6 Å². The van der Waals surface area contributed by atoms with Crippen molar-refractivity contribution in [3.05, 3.63) is 96.6 Å². The number of hydrogen-bond acceptors (Lipinski definition) is 6. The molecule has 0 N–H and O–H groups in total. The summed E-state index contributed by atoms with van der Waals surface area (Å²) in [6.45, 7) is 2.30. The molecule has 7 rings (SSSR count). The van der Waals surface area contributed by atoms with E-state index < -0.39 is 23.0 Å². The molecular weight excluding hydrogens is 516 g/mol. The van der Waals surface area contributed by atoms with Crippen molar-refractivity contribution < 1.29 is 23.8 Å². The minimum Gasteiger partial charge on any atom is -0.493 e. The van der Waals surface area contributed by atoms with Crippen LogP contribution in [0.15, 0.2) is 91.0 Å². The number of carbonyl (C=O) groups excluding carboxylic acids is 2. The van der Waals surface area contributed by atoms with Crippen LogP contribution < -0.4 is 14.4 Å². The van der Waals surface area contributed by atoms with Crippen LogP contribution in [0.3, 0.4) is 0 Å². The van der Waals surface area contributed by atoms with Crippen LogP contribution in [0.5, 0.6) is 17.2 Å². The third-order valence-electron chi connectivity index (χ3n) is 8.87. The van der Waals surface area contributed by atoms with E-state index in [1.165, 1.54) is 4.90 Å². The summed E-state index contributed by atoms with van der Waals surface area (Å²) in [6.07, 6.45) is 1.90. The summed E-state index contributed by atoms with van der Waals surface area (Å²) in [7, 11) is 0. The SMILES string of the molecule is C[C@]12CC[C@](CCOc3ccc(Oc4ccccc4)cc3)(O1)[C@@H]1C(=O)N(c3ccc(C#N)c4ccccc34)C(=O)[C@@H]12. The summed E-state index contributed by atoms with van der Waals surface area (Å²) in [5, 5.41) is 11.0. The third kappa shape index (κ3) is 3.98. The minimum atomic E-state index is -0.764. The van der Waals surface area contributed by atoms with E-state index in [9.17, 15) is 14.9 Å². The van der Waals surface area contributed by atoms with Crippen LogP contribution in [0, 0.1) is 23.2 Å². The van der Waals surface area contributed by atoms with Crippen molar-refractivity contribution in [2.24, 2.45) is 11.8 Å². The van der Waals surface area contributed by atoms with Gasteiger partial charge in [-0.2, -0.15) is 5.26 Å². The van der Waals surface area contributed by atoms with E-state index in [2.05, 4.69) is 6.07 Å². The molecule has 0 saturated carbocycles. The number of hydrogen-bond donors (Lipinski definition) is 0. The van der Waals surface area contributed by atoms with Crippen LogP contribution in [0.1, 0.15) is 31.7 Å². The Morgan fingerprint density at radius 2 is 1.49 bits per heavy atom. The average Bonchev–Trinajstić information content (AvgIpc) is 3.58. The fraction of sp³-hybridized carbons (Fsp3) is 0.265. The summed E-state index contributed by atoms with van der Waals surface area (Å²) >= 11 is 0. The Morgan fingerprint density at radius 1 is 0.829 bits per heavy atom. The Morgan fingerprint density at radius 3 is 2.24 bits per heavy atom. The Labute approximate surface area is 237 Å². The molecule has 3 saturated heterocycles. The van der Waals surface area contributed by atoms with Gasteiger partial charge in [-0.15, -0.1) is 0 Å². The Balaban J connectivity index is 1.10. The highest BCUT2D eigenvalue weighted by Crippen LogP contribution is 2.62. The number of anilines is 1. The number of benzene rings is 4. The van der Waals surface area contributed by atoms with E-state index in [-0.39, 0.29) is 11.8 Å². The van der Waals surface area contributed by atoms with Crippen molar-refractivity contribution in [2.45, 2.75) is 37.4 Å². The van der Waals surface area contributed by atoms with Crippen LogP contribution in [0.2, 0.25) is 0 Å². The van der Waals surface area contributed by atoms with Gasteiger partial charge >= 0.3 is 0 Å². The number of nitrogens with zero attached hydrogens (tertiary/aromatic N) is 2. The maximum atomic E-state index is 14.1. The number of nitriles is 1. The lowest BCUT2D eigenvalue weighted by Gasteiger charge is -2.31. The molecule has 4 aromatic rings. The van der Waals surface area contributed by atoms with Crippen LogP contribution in [-0.2, 0) is 14.3 Å². The summed E-state index contributed by atoms with van der Waals surface area (Å²) in [5.74, 6) is 0.574. The predicted molar refractivity (Wildman–Crippen MR) is 153 cm³/mol. The first kappa shape index (κ1) is 25.3. The van der Waals surface area contributed by atoms with Crippen molar-refractivity contribution in [1.29, 1.82) is 5.26 Å². The molecule has 204 valence electrons. The average molecular weight is 545 g/mol. The van der Waals surface area contributed by atoms with Crippen molar-refractivity contribution in [3.63, 3.8) is 0 Å². The summed E-state index contributed by atoms with van der Waals surface area (Å²) in [4.78, 5) is 29.3. The van der Waals surface area contributed by atoms with Crippen molar-refractivity contribution >= 4 is 28.3 Å².